The highest BCUT2D eigenvalue weighted by Gasteiger charge is 2.26. The van der Waals surface area contributed by atoms with Crippen LogP contribution >= 0.6 is 58.2 Å². The molecule has 0 radical (unpaired) electrons. The lowest BCUT2D eigenvalue weighted by Crippen LogP contribution is -2.17. The SMILES string of the molecule is O=C1NC(=O)C(=Cc2cn(Cc3ccc(Cl)c(Cl)c3)c3ccc(NC(=O)c4cc(Cl)c(Cl)cc4C(=O)O)cc23)S1. The third-order valence-corrected chi connectivity index (χ3v) is 8.24. The molecular weight excluding hydrogens is 620 g/mol. The number of carboxylic acids is 1. The maximum Gasteiger partial charge on any atom is 0.336 e. The van der Waals surface area contributed by atoms with E-state index in [4.69, 9.17) is 46.4 Å². The molecule has 4 aromatic rings. The lowest BCUT2D eigenvalue weighted by Gasteiger charge is -2.11. The van der Waals surface area contributed by atoms with E-state index in [2.05, 4.69) is 10.6 Å². The van der Waals surface area contributed by atoms with Crippen molar-refractivity contribution < 1.29 is 24.3 Å². The summed E-state index contributed by atoms with van der Waals surface area (Å²) in [4.78, 5) is 48.9. The second kappa shape index (κ2) is 11.2. The summed E-state index contributed by atoms with van der Waals surface area (Å²) in [5.41, 5.74) is 2.11. The number of benzene rings is 3. The Balaban J connectivity index is 1.56. The Labute approximate surface area is 250 Å². The van der Waals surface area contributed by atoms with Gasteiger partial charge in [0.2, 0.25) is 0 Å². The average Bonchev–Trinajstić information content (AvgIpc) is 3.40. The van der Waals surface area contributed by atoms with Gasteiger partial charge in [0.05, 0.1) is 36.1 Å². The van der Waals surface area contributed by atoms with Gasteiger partial charge < -0.3 is 15.0 Å². The van der Waals surface area contributed by atoms with Gasteiger partial charge >= 0.3 is 5.97 Å². The van der Waals surface area contributed by atoms with E-state index in [1.807, 2.05) is 16.8 Å². The van der Waals surface area contributed by atoms with Gasteiger partial charge in [0.15, 0.2) is 0 Å². The van der Waals surface area contributed by atoms with Gasteiger partial charge in [-0.05, 0) is 65.9 Å². The molecule has 0 unspecified atom stereocenters. The topological polar surface area (TPSA) is 118 Å². The maximum atomic E-state index is 13.1. The molecule has 202 valence electrons. The largest absolute Gasteiger partial charge is 0.478 e. The van der Waals surface area contributed by atoms with E-state index in [-0.39, 0.29) is 26.1 Å². The first-order valence-electron chi connectivity index (χ1n) is 11.4. The van der Waals surface area contributed by atoms with Gasteiger partial charge in [-0.25, -0.2) is 4.79 Å². The second-order valence-corrected chi connectivity index (χ2v) is 11.3. The zero-order chi connectivity index (χ0) is 28.7. The zero-order valence-electron chi connectivity index (χ0n) is 19.9. The molecule has 3 N–H and O–H groups in total. The highest BCUT2D eigenvalue weighted by Crippen LogP contribution is 2.33. The Kier molecular flexibility index (Phi) is 7.85. The van der Waals surface area contributed by atoms with E-state index in [9.17, 15) is 24.3 Å². The number of halogens is 4. The minimum Gasteiger partial charge on any atom is -0.478 e. The Morgan fingerprint density at radius 2 is 1.62 bits per heavy atom. The van der Waals surface area contributed by atoms with Gasteiger partial charge in [-0.15, -0.1) is 0 Å². The molecule has 0 aliphatic carbocycles. The van der Waals surface area contributed by atoms with Crippen molar-refractivity contribution in [2.45, 2.75) is 6.54 Å². The summed E-state index contributed by atoms with van der Waals surface area (Å²) in [7, 11) is 0. The Bertz CT molecular complexity index is 1800. The van der Waals surface area contributed by atoms with E-state index in [1.54, 1.807) is 36.4 Å². The van der Waals surface area contributed by atoms with Crippen LogP contribution in [0.25, 0.3) is 17.0 Å². The number of amides is 3. The highest BCUT2D eigenvalue weighted by atomic mass is 35.5. The molecule has 0 saturated carbocycles. The van der Waals surface area contributed by atoms with Crippen LogP contribution in [0.2, 0.25) is 20.1 Å². The lowest BCUT2D eigenvalue weighted by molar-refractivity contribution is -0.115. The molecule has 0 bridgehead atoms. The van der Waals surface area contributed by atoms with Gasteiger partial charge in [0, 0.05) is 34.9 Å². The first-order valence-corrected chi connectivity index (χ1v) is 13.7. The molecule has 1 fully saturated rings. The fourth-order valence-corrected chi connectivity index (χ4v) is 5.48. The van der Waals surface area contributed by atoms with Crippen LogP contribution in [0.1, 0.15) is 31.8 Å². The monoisotopic (exact) mass is 633 g/mol. The van der Waals surface area contributed by atoms with E-state index in [0.717, 1.165) is 28.9 Å². The summed E-state index contributed by atoms with van der Waals surface area (Å²) in [6.45, 7) is 0.409. The van der Waals surface area contributed by atoms with Crippen molar-refractivity contribution in [3.8, 4) is 0 Å². The molecule has 1 aliphatic rings. The number of thioether (sulfide) groups is 1. The smallest absolute Gasteiger partial charge is 0.336 e. The fraction of sp³-hybridized carbons (Fsp3) is 0.0370. The van der Waals surface area contributed by atoms with E-state index in [0.29, 0.717) is 33.2 Å². The lowest BCUT2D eigenvalue weighted by atomic mass is 10.1. The number of aromatic carboxylic acids is 1. The minimum absolute atomic E-state index is 0.00494. The number of carbonyl (C=O) groups is 4. The Hall–Kier alpha value is -3.47. The fourth-order valence-electron chi connectivity index (χ4n) is 4.16. The number of hydrogen-bond donors (Lipinski definition) is 3. The molecule has 13 heteroatoms. The predicted molar refractivity (Wildman–Crippen MR) is 158 cm³/mol. The number of anilines is 1. The molecule has 0 spiro atoms. The van der Waals surface area contributed by atoms with Crippen molar-refractivity contribution in [1.82, 2.24) is 9.88 Å². The summed E-state index contributed by atoms with van der Waals surface area (Å²) in [5.74, 6) is -2.55. The molecule has 3 amide bonds. The highest BCUT2D eigenvalue weighted by molar-refractivity contribution is 8.18. The molecule has 40 heavy (non-hydrogen) atoms. The van der Waals surface area contributed by atoms with Gasteiger partial charge in [0.1, 0.15) is 0 Å². The molecule has 0 atom stereocenters. The summed E-state index contributed by atoms with van der Waals surface area (Å²) in [6, 6.07) is 12.7. The molecule has 1 saturated heterocycles. The van der Waals surface area contributed by atoms with Crippen molar-refractivity contribution in [3.05, 3.63) is 102 Å². The third kappa shape index (κ3) is 5.70. The molecular formula is C27H15Cl4N3O5S. The van der Waals surface area contributed by atoms with Crippen molar-refractivity contribution in [2.75, 3.05) is 5.32 Å². The molecule has 1 aliphatic heterocycles. The first-order chi connectivity index (χ1) is 19.0. The molecule has 1 aromatic heterocycles. The van der Waals surface area contributed by atoms with Crippen LogP contribution < -0.4 is 10.6 Å². The standard InChI is InChI=1S/C27H15Cl4N3O5S/c28-18-3-1-12(5-19(18)29)10-34-11-13(6-23-25(36)33-27(39)40-23)15-7-14(2-4-22(15)34)32-24(35)16-8-20(30)21(31)9-17(16)26(37)38/h1-9,11H,10H2,(H,32,35)(H,37,38)(H,33,36,39). The van der Waals surface area contributed by atoms with Crippen LogP contribution in [-0.4, -0.2) is 32.7 Å². The predicted octanol–water partition coefficient (Wildman–Crippen LogP) is 7.58. The summed E-state index contributed by atoms with van der Waals surface area (Å²) >= 11 is 25.0. The Morgan fingerprint density at radius 1 is 0.925 bits per heavy atom. The van der Waals surface area contributed by atoms with E-state index in [1.165, 1.54) is 6.07 Å². The van der Waals surface area contributed by atoms with Gasteiger partial charge in [-0.2, -0.15) is 0 Å². The quantitative estimate of drug-likeness (QED) is 0.188. The average molecular weight is 635 g/mol. The first kappa shape index (κ1) is 28.1. The number of fused-ring (bicyclic) bond motifs is 1. The van der Waals surface area contributed by atoms with Crippen LogP contribution in [-0.2, 0) is 11.3 Å². The summed E-state index contributed by atoms with van der Waals surface area (Å²) in [6.07, 6.45) is 3.40. The van der Waals surface area contributed by atoms with Crippen LogP contribution in [0.3, 0.4) is 0 Å². The van der Waals surface area contributed by atoms with Gasteiger partial charge in [0.25, 0.3) is 17.1 Å². The van der Waals surface area contributed by atoms with Gasteiger partial charge in [-0.1, -0.05) is 52.5 Å². The maximum absolute atomic E-state index is 13.1. The third-order valence-electron chi connectivity index (χ3n) is 5.97. The number of rotatable bonds is 6. The van der Waals surface area contributed by atoms with Crippen molar-refractivity contribution >= 4 is 104 Å². The molecule has 8 nitrogen and oxygen atoms in total. The number of imide groups is 1. The normalized spacial score (nSPS) is 14.2. The van der Waals surface area contributed by atoms with Crippen molar-refractivity contribution in [2.24, 2.45) is 0 Å². The summed E-state index contributed by atoms with van der Waals surface area (Å²) < 4.78 is 1.92. The number of nitrogens with zero attached hydrogens (tertiary/aromatic N) is 1. The molecule has 3 aromatic carbocycles. The molecule has 2 heterocycles. The number of hydrogen-bond acceptors (Lipinski definition) is 5. The Morgan fingerprint density at radius 3 is 2.27 bits per heavy atom. The zero-order valence-corrected chi connectivity index (χ0v) is 23.8. The number of carboxylic acid groups (broad SMARTS) is 1. The number of aromatic nitrogens is 1. The van der Waals surface area contributed by atoms with Crippen LogP contribution in [0, 0.1) is 0 Å². The van der Waals surface area contributed by atoms with Crippen molar-refractivity contribution in [3.63, 3.8) is 0 Å². The van der Waals surface area contributed by atoms with E-state index >= 15 is 0 Å². The van der Waals surface area contributed by atoms with Gasteiger partial charge in [-0.3, -0.25) is 19.7 Å². The minimum atomic E-state index is -1.34. The van der Waals surface area contributed by atoms with Crippen LogP contribution in [0.15, 0.2) is 59.6 Å². The summed E-state index contributed by atoms with van der Waals surface area (Å²) in [5, 5.41) is 15.5. The van der Waals surface area contributed by atoms with Crippen molar-refractivity contribution in [1.29, 1.82) is 0 Å². The van der Waals surface area contributed by atoms with Crippen LogP contribution in [0.5, 0.6) is 0 Å². The number of carbonyl (C=O) groups excluding carboxylic acids is 3. The number of nitrogens with one attached hydrogen (secondary N) is 2. The van der Waals surface area contributed by atoms with Crippen LogP contribution in [0.4, 0.5) is 10.5 Å². The second-order valence-electron chi connectivity index (χ2n) is 8.62. The molecule has 5 rings (SSSR count). The van der Waals surface area contributed by atoms with E-state index < -0.39 is 23.0 Å².